The summed E-state index contributed by atoms with van der Waals surface area (Å²) in [6, 6.07) is 6.60. The number of hydrogen-bond donors (Lipinski definition) is 3. The van der Waals surface area contributed by atoms with Crippen LogP contribution in [0.3, 0.4) is 0 Å². The molecule has 1 aliphatic carbocycles. The number of tetrazole rings is 1. The fourth-order valence-corrected chi connectivity index (χ4v) is 5.44. The highest BCUT2D eigenvalue weighted by atomic mass is 35.5. The molecule has 10 nitrogen and oxygen atoms in total. The van der Waals surface area contributed by atoms with Crippen molar-refractivity contribution in [2.75, 3.05) is 6.54 Å². The molecule has 0 unspecified atom stereocenters. The summed E-state index contributed by atoms with van der Waals surface area (Å²) >= 11 is 7.30. The van der Waals surface area contributed by atoms with Gasteiger partial charge in [-0.05, 0) is 46.3 Å². The maximum absolute atomic E-state index is 14.8. The van der Waals surface area contributed by atoms with Crippen molar-refractivity contribution in [3.8, 4) is 16.9 Å². The first-order chi connectivity index (χ1) is 17.4. The molecule has 0 radical (unpaired) electrons. The largest absolute Gasteiger partial charge is 0.477 e. The molecular weight excluding hydrogens is 509 g/mol. The molecule has 0 amide bonds. The number of rotatable bonds is 5. The first kappa shape index (κ1) is 22.3. The van der Waals surface area contributed by atoms with E-state index in [4.69, 9.17) is 11.6 Å². The van der Waals surface area contributed by atoms with Gasteiger partial charge in [0.05, 0.1) is 11.6 Å². The van der Waals surface area contributed by atoms with Crippen molar-refractivity contribution in [3.63, 3.8) is 0 Å². The van der Waals surface area contributed by atoms with E-state index in [0.29, 0.717) is 39.8 Å². The van der Waals surface area contributed by atoms with Crippen LogP contribution in [0.2, 0.25) is 5.02 Å². The van der Waals surface area contributed by atoms with E-state index in [2.05, 4.69) is 30.8 Å². The normalized spacial score (nSPS) is 17.2. The Kier molecular flexibility index (Phi) is 5.27. The first-order valence-electron chi connectivity index (χ1n) is 10.7. The van der Waals surface area contributed by atoms with Crippen LogP contribution in [0.4, 0.5) is 4.39 Å². The van der Waals surface area contributed by atoms with Gasteiger partial charge in [0.1, 0.15) is 22.7 Å². The fourth-order valence-electron chi connectivity index (χ4n) is 4.53. The molecule has 0 spiro atoms. The number of ketones is 1. The van der Waals surface area contributed by atoms with Gasteiger partial charge < -0.3 is 15.4 Å². The van der Waals surface area contributed by atoms with Crippen molar-refractivity contribution >= 4 is 40.3 Å². The number of nitrogens with one attached hydrogen (secondary N) is 2. The van der Waals surface area contributed by atoms with Gasteiger partial charge in [-0.1, -0.05) is 11.6 Å². The van der Waals surface area contributed by atoms with Gasteiger partial charge in [0.15, 0.2) is 5.78 Å². The molecule has 13 heteroatoms. The number of halogens is 2. The van der Waals surface area contributed by atoms with Crippen molar-refractivity contribution in [3.05, 3.63) is 80.6 Å². The second-order valence-electron chi connectivity index (χ2n) is 8.24. The number of carbonyl (C=O) groups excluding carboxylic acids is 1. The standard InChI is InChI=1S/C23H15ClFN7O3S/c24-11-1-2-17(32-9-27-30-31-32)13(4-11)14-5-12(33)6-15-16(7-26-20(14)15)22-28-19(21(25)29-22)10-3-18(23(34)35)36-8-10/h1-5,8-9,16,26H,6-7H2,(H,28,29)(H,34,35)/t16-/m1/s1. The lowest BCUT2D eigenvalue weighted by Gasteiger charge is -2.20. The van der Waals surface area contributed by atoms with Crippen LogP contribution in [0.1, 0.15) is 33.4 Å². The van der Waals surface area contributed by atoms with Crippen LogP contribution in [0.25, 0.3) is 22.5 Å². The Balaban J connectivity index is 1.41. The van der Waals surface area contributed by atoms with Crippen molar-refractivity contribution in [1.29, 1.82) is 0 Å². The quantitative estimate of drug-likeness (QED) is 0.360. The van der Waals surface area contributed by atoms with Crippen LogP contribution in [0.5, 0.6) is 0 Å². The number of carboxylic acids is 1. The number of nitrogens with zero attached hydrogens (tertiary/aromatic N) is 5. The Labute approximate surface area is 211 Å². The lowest BCUT2D eigenvalue weighted by molar-refractivity contribution is -0.114. The summed E-state index contributed by atoms with van der Waals surface area (Å²) in [6.07, 6.45) is 3.16. The van der Waals surface area contributed by atoms with E-state index in [9.17, 15) is 19.1 Å². The van der Waals surface area contributed by atoms with Gasteiger partial charge in [-0.3, -0.25) is 4.79 Å². The molecule has 4 aromatic rings. The van der Waals surface area contributed by atoms with Crippen LogP contribution >= 0.6 is 22.9 Å². The molecule has 180 valence electrons. The number of allylic oxidation sites excluding steroid dienone is 2. The summed E-state index contributed by atoms with van der Waals surface area (Å²) in [4.78, 5) is 31.3. The lowest BCUT2D eigenvalue weighted by Crippen LogP contribution is -2.15. The summed E-state index contributed by atoms with van der Waals surface area (Å²) in [5, 5.41) is 25.9. The zero-order valence-corrected chi connectivity index (χ0v) is 19.8. The van der Waals surface area contributed by atoms with Gasteiger partial charge in [0.2, 0.25) is 5.95 Å². The number of H-pyrrole nitrogens is 1. The predicted octanol–water partition coefficient (Wildman–Crippen LogP) is 3.60. The molecule has 1 aliphatic heterocycles. The Morgan fingerprint density at radius 2 is 2.17 bits per heavy atom. The number of benzene rings is 1. The second-order valence-corrected chi connectivity index (χ2v) is 9.59. The summed E-state index contributed by atoms with van der Waals surface area (Å²) < 4.78 is 16.3. The van der Waals surface area contributed by atoms with E-state index in [1.807, 2.05) is 0 Å². The molecule has 0 bridgehead atoms. The minimum atomic E-state index is -1.08. The van der Waals surface area contributed by atoms with Crippen LogP contribution in [-0.4, -0.2) is 53.6 Å². The van der Waals surface area contributed by atoms with E-state index >= 15 is 0 Å². The van der Waals surface area contributed by atoms with E-state index in [1.54, 1.807) is 29.7 Å². The Morgan fingerprint density at radius 3 is 2.92 bits per heavy atom. The van der Waals surface area contributed by atoms with Gasteiger partial charge in [-0.25, -0.2) is 9.78 Å². The van der Waals surface area contributed by atoms with E-state index < -0.39 is 11.9 Å². The highest BCUT2D eigenvalue weighted by Crippen LogP contribution is 2.42. The third kappa shape index (κ3) is 3.71. The fraction of sp³-hybridized carbons (Fsp3) is 0.130. The molecule has 3 aromatic heterocycles. The van der Waals surface area contributed by atoms with Gasteiger partial charge in [0, 0.05) is 45.8 Å². The number of hydrogen-bond acceptors (Lipinski definition) is 8. The van der Waals surface area contributed by atoms with Crippen molar-refractivity contribution < 1.29 is 19.1 Å². The Hall–Kier alpha value is -4.16. The Bertz CT molecular complexity index is 1610. The average molecular weight is 524 g/mol. The van der Waals surface area contributed by atoms with Gasteiger partial charge in [-0.2, -0.15) is 9.07 Å². The number of aromatic nitrogens is 6. The topological polar surface area (TPSA) is 139 Å². The first-order valence-corrected chi connectivity index (χ1v) is 12.0. The van der Waals surface area contributed by atoms with Gasteiger partial charge in [0.25, 0.3) is 0 Å². The van der Waals surface area contributed by atoms with Crippen molar-refractivity contribution in [2.45, 2.75) is 12.3 Å². The molecule has 1 aromatic carbocycles. The highest BCUT2D eigenvalue weighted by Gasteiger charge is 2.36. The molecule has 0 fully saturated rings. The number of thiophene rings is 1. The third-order valence-electron chi connectivity index (χ3n) is 6.10. The van der Waals surface area contributed by atoms with E-state index in [0.717, 1.165) is 22.6 Å². The maximum Gasteiger partial charge on any atom is 0.345 e. The summed E-state index contributed by atoms with van der Waals surface area (Å²) in [6.45, 7) is 0.395. The molecule has 0 saturated heterocycles. The zero-order valence-electron chi connectivity index (χ0n) is 18.2. The van der Waals surface area contributed by atoms with Gasteiger partial charge in [-0.15, -0.1) is 16.4 Å². The number of imidazole rings is 1. The van der Waals surface area contributed by atoms with Crippen LogP contribution < -0.4 is 5.32 Å². The molecule has 6 rings (SSSR count). The molecule has 3 N–H and O–H groups in total. The summed E-state index contributed by atoms with van der Waals surface area (Å²) in [5.74, 6) is -1.90. The molecule has 4 heterocycles. The predicted molar refractivity (Wildman–Crippen MR) is 128 cm³/mol. The highest BCUT2D eigenvalue weighted by molar-refractivity contribution is 7.12. The third-order valence-corrected chi connectivity index (χ3v) is 7.25. The number of carboxylic acid groups (broad SMARTS) is 1. The van der Waals surface area contributed by atoms with Crippen LogP contribution in [-0.2, 0) is 4.79 Å². The SMILES string of the molecule is O=C1C=C(c2cc(Cl)ccc2-n2cnnn2)C2=C(C1)[C@H](c1nc(-c3csc(C(=O)O)c3)c(F)[nH]1)CN2. The van der Waals surface area contributed by atoms with Crippen LogP contribution in [0, 0.1) is 5.95 Å². The Morgan fingerprint density at radius 1 is 1.31 bits per heavy atom. The number of aromatic carboxylic acids is 1. The van der Waals surface area contributed by atoms with E-state index in [1.165, 1.54) is 17.1 Å². The zero-order chi connectivity index (χ0) is 25.0. The van der Waals surface area contributed by atoms with Crippen molar-refractivity contribution in [2.24, 2.45) is 0 Å². The molecule has 36 heavy (non-hydrogen) atoms. The minimum Gasteiger partial charge on any atom is -0.477 e. The lowest BCUT2D eigenvalue weighted by atomic mass is 9.86. The van der Waals surface area contributed by atoms with Crippen molar-refractivity contribution in [1.82, 2.24) is 35.5 Å². The monoisotopic (exact) mass is 523 g/mol. The number of aromatic amines is 1. The smallest absolute Gasteiger partial charge is 0.345 e. The second kappa shape index (κ2) is 8.50. The van der Waals surface area contributed by atoms with E-state index in [-0.39, 0.29) is 28.7 Å². The van der Waals surface area contributed by atoms with Gasteiger partial charge >= 0.3 is 5.97 Å². The minimum absolute atomic E-state index is 0.0384. The maximum atomic E-state index is 14.8. The van der Waals surface area contributed by atoms with Crippen LogP contribution in [0.15, 0.2) is 53.3 Å². The summed E-state index contributed by atoms with van der Waals surface area (Å²) in [5.41, 5.74) is 3.87. The molecule has 0 saturated carbocycles. The summed E-state index contributed by atoms with van der Waals surface area (Å²) in [7, 11) is 0. The average Bonchev–Trinajstić information content (AvgIpc) is 3.64. The molecule has 1 atom stereocenters. The number of carbonyl (C=O) groups is 2. The molecule has 2 aliphatic rings. The molecular formula is C23H15ClFN7O3S.